The number of amides is 3. The van der Waals surface area contributed by atoms with Crippen LogP contribution in [-0.4, -0.2) is 77.0 Å². The van der Waals surface area contributed by atoms with Crippen molar-refractivity contribution in [2.24, 2.45) is 28.1 Å². The molecule has 0 fully saturated rings. The van der Waals surface area contributed by atoms with Gasteiger partial charge >= 0.3 is 5.97 Å². The molecule has 14 heteroatoms. The second-order valence-corrected chi connectivity index (χ2v) is 8.30. The van der Waals surface area contributed by atoms with Gasteiger partial charge in [-0.15, -0.1) is 0 Å². The van der Waals surface area contributed by atoms with Gasteiger partial charge < -0.3 is 38.3 Å². The number of thiol groups is 2. The highest BCUT2D eigenvalue weighted by Crippen LogP contribution is 2.08. The molecule has 12 nitrogen and oxygen atoms in total. The first-order valence-electron chi connectivity index (χ1n) is 10.1. The van der Waals surface area contributed by atoms with E-state index >= 15 is 0 Å². The number of hydrogen-bond donors (Lipinski definition) is 9. The minimum absolute atomic E-state index is 0.0119. The van der Waals surface area contributed by atoms with Crippen molar-refractivity contribution in [2.75, 3.05) is 18.1 Å². The van der Waals surface area contributed by atoms with Crippen LogP contribution in [0.5, 0.6) is 0 Å². The third-order valence-corrected chi connectivity index (χ3v) is 5.01. The molecule has 0 heterocycles. The minimum atomic E-state index is -1.24. The van der Waals surface area contributed by atoms with Gasteiger partial charge in [0.2, 0.25) is 17.7 Å². The SMILES string of the molecule is CC(C)CC(NC(=O)C(CCCN=C(N)N)NC(=O)C(N)CS)C(=O)NC(CS)C(=O)O. The standard InChI is InChI=1S/C18H35N7O5S2/c1-9(2)6-12(16(28)25-13(8-32)17(29)30)24-15(27)11(4-3-5-22-18(20)21)23-14(26)10(19)7-31/h9-13,31-32H,3-8,19H2,1-2H3,(H,23,26)(H,24,27)(H,25,28)(H,29,30)(H4,20,21,22). The number of aliphatic imine (C=N–C) groups is 1. The van der Waals surface area contributed by atoms with E-state index in [-0.39, 0.29) is 42.8 Å². The molecule has 0 spiro atoms. The van der Waals surface area contributed by atoms with Crippen molar-refractivity contribution in [2.45, 2.75) is 57.3 Å². The van der Waals surface area contributed by atoms with Crippen LogP contribution in [0.3, 0.4) is 0 Å². The first-order chi connectivity index (χ1) is 14.9. The molecule has 0 aliphatic rings. The summed E-state index contributed by atoms with van der Waals surface area (Å²) >= 11 is 7.90. The lowest BCUT2D eigenvalue weighted by molar-refractivity contribution is -0.141. The zero-order valence-corrected chi connectivity index (χ0v) is 20.1. The second kappa shape index (κ2) is 15.6. The normalized spacial score (nSPS) is 14.6. The van der Waals surface area contributed by atoms with Crippen LogP contribution in [0.4, 0.5) is 0 Å². The molecule has 0 saturated heterocycles. The third-order valence-electron chi connectivity index (χ3n) is 4.25. The predicted molar refractivity (Wildman–Crippen MR) is 128 cm³/mol. The van der Waals surface area contributed by atoms with E-state index in [0.717, 1.165) is 0 Å². The Morgan fingerprint density at radius 1 is 0.906 bits per heavy atom. The Hall–Kier alpha value is -2.19. The molecule has 3 amide bonds. The molecule has 184 valence electrons. The molecule has 10 N–H and O–H groups in total. The van der Waals surface area contributed by atoms with Crippen LogP contribution in [0.1, 0.15) is 33.1 Å². The quantitative estimate of drug-likeness (QED) is 0.0527. The molecule has 0 aliphatic heterocycles. The summed E-state index contributed by atoms with van der Waals surface area (Å²) in [6, 6.07) is -4.15. The molecule has 0 rings (SSSR count). The molecular formula is C18H35N7O5S2. The first kappa shape index (κ1) is 29.8. The van der Waals surface area contributed by atoms with Crippen molar-refractivity contribution in [1.82, 2.24) is 16.0 Å². The summed E-state index contributed by atoms with van der Waals surface area (Å²) in [5, 5.41) is 16.7. The lowest BCUT2D eigenvalue weighted by Crippen LogP contribution is -2.57. The van der Waals surface area contributed by atoms with Crippen molar-refractivity contribution < 1.29 is 24.3 Å². The number of carboxylic acids is 1. The molecule has 0 aromatic carbocycles. The van der Waals surface area contributed by atoms with Crippen molar-refractivity contribution in [3.05, 3.63) is 0 Å². The number of nitrogens with one attached hydrogen (secondary N) is 3. The van der Waals surface area contributed by atoms with Crippen molar-refractivity contribution in [1.29, 1.82) is 0 Å². The van der Waals surface area contributed by atoms with Crippen LogP contribution in [0.15, 0.2) is 4.99 Å². The van der Waals surface area contributed by atoms with Gasteiger partial charge in [0.05, 0.1) is 6.04 Å². The monoisotopic (exact) mass is 493 g/mol. The van der Waals surface area contributed by atoms with Crippen molar-refractivity contribution in [3.8, 4) is 0 Å². The van der Waals surface area contributed by atoms with Crippen molar-refractivity contribution >= 4 is 54.9 Å². The van der Waals surface area contributed by atoms with E-state index in [1.807, 2.05) is 13.8 Å². The topological polar surface area (TPSA) is 215 Å². The fourth-order valence-electron chi connectivity index (χ4n) is 2.57. The van der Waals surface area contributed by atoms with E-state index in [2.05, 4.69) is 46.2 Å². The van der Waals surface area contributed by atoms with Gasteiger partial charge in [0.1, 0.15) is 18.1 Å². The molecule has 0 bridgehead atoms. The Balaban J connectivity index is 5.44. The lowest BCUT2D eigenvalue weighted by atomic mass is 10.0. The van der Waals surface area contributed by atoms with Crippen LogP contribution in [0, 0.1) is 5.92 Å². The van der Waals surface area contributed by atoms with Crippen molar-refractivity contribution in [3.63, 3.8) is 0 Å². The maximum atomic E-state index is 12.9. The largest absolute Gasteiger partial charge is 0.480 e. The predicted octanol–water partition coefficient (Wildman–Crippen LogP) is -2.19. The Morgan fingerprint density at radius 3 is 1.91 bits per heavy atom. The number of carbonyl (C=O) groups excluding carboxylic acids is 3. The number of rotatable bonds is 15. The smallest absolute Gasteiger partial charge is 0.327 e. The summed E-state index contributed by atoms with van der Waals surface area (Å²) in [7, 11) is 0. The molecule has 0 aromatic heterocycles. The van der Waals surface area contributed by atoms with Crippen LogP contribution >= 0.6 is 25.3 Å². The van der Waals surface area contributed by atoms with Crippen LogP contribution in [0.2, 0.25) is 0 Å². The van der Waals surface area contributed by atoms with Crippen LogP contribution < -0.4 is 33.2 Å². The average Bonchev–Trinajstić information content (AvgIpc) is 2.71. The fraction of sp³-hybridized carbons (Fsp3) is 0.722. The maximum absolute atomic E-state index is 12.9. The van der Waals surface area contributed by atoms with Gasteiger partial charge in [-0.2, -0.15) is 25.3 Å². The molecule has 0 aromatic rings. The van der Waals surface area contributed by atoms with Gasteiger partial charge in [-0.05, 0) is 25.2 Å². The van der Waals surface area contributed by atoms with Crippen LogP contribution in [-0.2, 0) is 19.2 Å². The Labute approximate surface area is 198 Å². The van der Waals surface area contributed by atoms with Gasteiger partial charge in [-0.1, -0.05) is 13.8 Å². The second-order valence-electron chi connectivity index (χ2n) is 7.57. The summed E-state index contributed by atoms with van der Waals surface area (Å²) < 4.78 is 0. The summed E-state index contributed by atoms with van der Waals surface area (Å²) in [5.41, 5.74) is 16.2. The zero-order valence-electron chi connectivity index (χ0n) is 18.3. The molecule has 0 radical (unpaired) electrons. The molecule has 0 saturated carbocycles. The third kappa shape index (κ3) is 12.0. The highest BCUT2D eigenvalue weighted by atomic mass is 32.1. The number of carbonyl (C=O) groups is 4. The number of nitrogens with zero attached hydrogens (tertiary/aromatic N) is 1. The summed E-state index contributed by atoms with van der Waals surface area (Å²) in [4.78, 5) is 52.8. The summed E-state index contributed by atoms with van der Waals surface area (Å²) in [6.07, 6.45) is 0.799. The Bertz CT molecular complexity index is 674. The van der Waals surface area contributed by atoms with Gasteiger partial charge in [-0.3, -0.25) is 19.4 Å². The van der Waals surface area contributed by atoms with Gasteiger partial charge in [0.25, 0.3) is 0 Å². The number of nitrogens with two attached hydrogens (primary N) is 3. The average molecular weight is 494 g/mol. The van der Waals surface area contributed by atoms with Crippen LogP contribution in [0.25, 0.3) is 0 Å². The summed E-state index contributed by atoms with van der Waals surface area (Å²) in [6.45, 7) is 3.93. The number of aliphatic carboxylic acids is 1. The van der Waals surface area contributed by atoms with E-state index in [4.69, 9.17) is 22.3 Å². The van der Waals surface area contributed by atoms with E-state index in [0.29, 0.717) is 6.42 Å². The van der Waals surface area contributed by atoms with E-state index in [1.54, 1.807) is 0 Å². The molecule has 4 unspecified atom stereocenters. The molecular weight excluding hydrogens is 458 g/mol. The summed E-state index contributed by atoms with van der Waals surface area (Å²) in [5.74, 6) is -3.22. The molecule has 0 aliphatic carbocycles. The number of guanidine groups is 1. The van der Waals surface area contributed by atoms with Gasteiger partial charge in [0, 0.05) is 18.1 Å². The number of carboxylic acid groups (broad SMARTS) is 1. The molecule has 32 heavy (non-hydrogen) atoms. The minimum Gasteiger partial charge on any atom is -0.480 e. The first-order valence-corrected chi connectivity index (χ1v) is 11.4. The molecule has 4 atom stereocenters. The zero-order chi connectivity index (χ0) is 24.8. The lowest BCUT2D eigenvalue weighted by Gasteiger charge is -2.25. The van der Waals surface area contributed by atoms with E-state index < -0.39 is 47.9 Å². The Kier molecular flexibility index (Phi) is 14.5. The van der Waals surface area contributed by atoms with Gasteiger partial charge in [-0.25, -0.2) is 4.79 Å². The highest BCUT2D eigenvalue weighted by Gasteiger charge is 2.30. The fourth-order valence-corrected chi connectivity index (χ4v) is 2.98. The highest BCUT2D eigenvalue weighted by molar-refractivity contribution is 7.80. The maximum Gasteiger partial charge on any atom is 0.327 e. The Morgan fingerprint density at radius 2 is 1.44 bits per heavy atom. The van der Waals surface area contributed by atoms with E-state index in [1.165, 1.54) is 0 Å². The van der Waals surface area contributed by atoms with E-state index in [9.17, 15) is 19.2 Å². The number of hydrogen-bond acceptors (Lipinski definition) is 8. The van der Waals surface area contributed by atoms with Gasteiger partial charge in [0.15, 0.2) is 5.96 Å².